The van der Waals surface area contributed by atoms with Crippen LogP contribution in [0.5, 0.6) is 0 Å². The van der Waals surface area contributed by atoms with Crippen molar-refractivity contribution in [1.29, 1.82) is 0 Å². The lowest BCUT2D eigenvalue weighted by Gasteiger charge is -2.04. The van der Waals surface area contributed by atoms with Crippen LogP contribution in [0.4, 0.5) is 0 Å². The second-order valence-electron chi connectivity index (χ2n) is 3.81. The summed E-state index contributed by atoms with van der Waals surface area (Å²) in [5.74, 6) is 0. The smallest absolute Gasteiger partial charge is 0.0738 e. The van der Waals surface area contributed by atoms with Gasteiger partial charge in [0.25, 0.3) is 0 Å². The molecule has 0 N–H and O–H groups in total. The molecule has 0 saturated carbocycles. The quantitative estimate of drug-likeness (QED) is 0.865. The van der Waals surface area contributed by atoms with Crippen LogP contribution in [-0.4, -0.2) is 14.8 Å². The normalized spacial score (nSPS) is 10.7. The van der Waals surface area contributed by atoms with Gasteiger partial charge in [-0.25, -0.2) is 0 Å². The van der Waals surface area contributed by atoms with Crippen molar-refractivity contribution in [3.05, 3.63) is 46.0 Å². The van der Waals surface area contributed by atoms with Gasteiger partial charge in [-0.3, -0.25) is 9.67 Å². The molecule has 0 aliphatic heterocycles. The number of hydrogen-bond acceptors (Lipinski definition) is 2. The van der Waals surface area contributed by atoms with Crippen LogP contribution in [0.3, 0.4) is 0 Å². The summed E-state index contributed by atoms with van der Waals surface area (Å²) in [4.78, 5) is 4.01. The van der Waals surface area contributed by atoms with Gasteiger partial charge in [0.15, 0.2) is 0 Å². The lowest BCUT2D eigenvalue weighted by atomic mass is 10.2. The van der Waals surface area contributed by atoms with Gasteiger partial charge in [-0.05, 0) is 53.9 Å². The van der Waals surface area contributed by atoms with Crippen molar-refractivity contribution in [2.75, 3.05) is 0 Å². The Balaban J connectivity index is 2.08. The van der Waals surface area contributed by atoms with Crippen LogP contribution in [0, 0.1) is 13.8 Å². The number of hydrogen-bond donors (Lipinski definition) is 0. The van der Waals surface area contributed by atoms with E-state index in [2.05, 4.69) is 32.9 Å². The fourth-order valence-electron chi connectivity index (χ4n) is 1.68. The number of aromatic nitrogens is 3. The molecule has 2 heterocycles. The van der Waals surface area contributed by atoms with Gasteiger partial charge in [0.1, 0.15) is 0 Å². The van der Waals surface area contributed by atoms with Gasteiger partial charge in [0.2, 0.25) is 0 Å². The lowest BCUT2D eigenvalue weighted by molar-refractivity contribution is 0.593. The third-order valence-corrected chi connectivity index (χ3v) is 3.80. The Hall–Kier alpha value is -1.16. The third-order valence-electron chi connectivity index (χ3n) is 2.65. The molecule has 4 heteroatoms. The molecule has 0 aliphatic rings. The van der Waals surface area contributed by atoms with E-state index < -0.39 is 0 Å². The van der Waals surface area contributed by atoms with Gasteiger partial charge in [-0.1, -0.05) is 0 Å². The maximum atomic E-state index is 4.48. The van der Waals surface area contributed by atoms with E-state index in [9.17, 15) is 0 Å². The zero-order chi connectivity index (χ0) is 11.5. The first-order valence-electron chi connectivity index (χ1n) is 5.27. The minimum absolute atomic E-state index is 0.905. The maximum absolute atomic E-state index is 4.48. The van der Waals surface area contributed by atoms with Gasteiger partial charge < -0.3 is 0 Å². The highest BCUT2D eigenvalue weighted by atomic mass is 79.9. The van der Waals surface area contributed by atoms with Gasteiger partial charge in [-0.2, -0.15) is 5.10 Å². The minimum atomic E-state index is 0.905. The van der Waals surface area contributed by atoms with Crippen LogP contribution in [0.1, 0.15) is 17.0 Å². The average molecular weight is 280 g/mol. The zero-order valence-electron chi connectivity index (χ0n) is 9.44. The molecule has 0 fully saturated rings. The highest BCUT2D eigenvalue weighted by Crippen LogP contribution is 2.19. The van der Waals surface area contributed by atoms with Crippen LogP contribution < -0.4 is 0 Å². The number of pyridine rings is 1. The van der Waals surface area contributed by atoms with Crippen molar-refractivity contribution in [2.24, 2.45) is 0 Å². The van der Waals surface area contributed by atoms with E-state index in [1.54, 1.807) is 0 Å². The van der Waals surface area contributed by atoms with E-state index in [1.165, 1.54) is 11.3 Å². The molecule has 2 aromatic rings. The van der Waals surface area contributed by atoms with E-state index in [-0.39, 0.29) is 0 Å². The summed E-state index contributed by atoms with van der Waals surface area (Å²) in [5, 5.41) is 4.48. The molecule has 0 unspecified atom stereocenters. The van der Waals surface area contributed by atoms with Crippen LogP contribution >= 0.6 is 15.9 Å². The molecule has 0 atom stereocenters. The molecule has 2 aromatic heterocycles. The molecule has 84 valence electrons. The van der Waals surface area contributed by atoms with Crippen molar-refractivity contribution in [3.63, 3.8) is 0 Å². The molecule has 3 nitrogen and oxygen atoms in total. The summed E-state index contributed by atoms with van der Waals surface area (Å²) in [6.07, 6.45) is 4.63. The standard InChI is InChI=1S/C12H14BrN3/c1-9-12(13)10(2)16(15-9)8-5-11-3-6-14-7-4-11/h3-4,6-7H,5,8H2,1-2H3. The van der Waals surface area contributed by atoms with Crippen molar-refractivity contribution >= 4 is 15.9 Å². The summed E-state index contributed by atoms with van der Waals surface area (Å²) in [6, 6.07) is 4.08. The Labute approximate surface area is 104 Å². The predicted octanol–water partition coefficient (Wildman–Crippen LogP) is 2.90. The lowest BCUT2D eigenvalue weighted by Crippen LogP contribution is -2.05. The molecule has 0 amide bonds. The Morgan fingerprint density at radius 3 is 2.50 bits per heavy atom. The average Bonchev–Trinajstić information content (AvgIpc) is 2.56. The Morgan fingerprint density at radius 2 is 1.94 bits per heavy atom. The maximum Gasteiger partial charge on any atom is 0.0738 e. The van der Waals surface area contributed by atoms with Crippen LogP contribution in [0.2, 0.25) is 0 Å². The van der Waals surface area contributed by atoms with E-state index in [4.69, 9.17) is 0 Å². The summed E-state index contributed by atoms with van der Waals surface area (Å²) >= 11 is 3.53. The molecule has 0 bridgehead atoms. The topological polar surface area (TPSA) is 30.7 Å². The summed E-state index contributed by atoms with van der Waals surface area (Å²) in [6.45, 7) is 5.00. The van der Waals surface area contributed by atoms with Crippen molar-refractivity contribution in [3.8, 4) is 0 Å². The molecule has 0 aromatic carbocycles. The summed E-state index contributed by atoms with van der Waals surface area (Å²) in [5.41, 5.74) is 3.53. The fraction of sp³-hybridized carbons (Fsp3) is 0.333. The van der Waals surface area contributed by atoms with Gasteiger partial charge in [0.05, 0.1) is 10.2 Å². The molecule has 0 radical (unpaired) electrons. The largest absolute Gasteiger partial charge is 0.268 e. The first-order chi connectivity index (χ1) is 7.68. The Kier molecular flexibility index (Phi) is 3.39. The second kappa shape index (κ2) is 4.78. The molecule has 2 rings (SSSR count). The SMILES string of the molecule is Cc1nn(CCc2ccncc2)c(C)c1Br. The highest BCUT2D eigenvalue weighted by Gasteiger charge is 2.07. The second-order valence-corrected chi connectivity index (χ2v) is 4.61. The van der Waals surface area contributed by atoms with E-state index in [1.807, 2.05) is 36.1 Å². The summed E-state index contributed by atoms with van der Waals surface area (Å²) in [7, 11) is 0. The minimum Gasteiger partial charge on any atom is -0.268 e. The number of halogens is 1. The fourth-order valence-corrected chi connectivity index (χ4v) is 1.96. The molecule has 0 saturated heterocycles. The van der Waals surface area contributed by atoms with Crippen molar-refractivity contribution < 1.29 is 0 Å². The van der Waals surface area contributed by atoms with Gasteiger partial charge in [0, 0.05) is 24.6 Å². The van der Waals surface area contributed by atoms with Crippen LogP contribution in [-0.2, 0) is 13.0 Å². The number of nitrogens with zero attached hydrogens (tertiary/aromatic N) is 3. The predicted molar refractivity (Wildman–Crippen MR) is 67.3 cm³/mol. The monoisotopic (exact) mass is 279 g/mol. The van der Waals surface area contributed by atoms with Crippen molar-refractivity contribution in [2.45, 2.75) is 26.8 Å². The van der Waals surface area contributed by atoms with E-state index >= 15 is 0 Å². The summed E-state index contributed by atoms with van der Waals surface area (Å²) < 4.78 is 3.15. The highest BCUT2D eigenvalue weighted by molar-refractivity contribution is 9.10. The molecular weight excluding hydrogens is 266 g/mol. The third kappa shape index (κ3) is 2.32. The molecular formula is C12H14BrN3. The number of aryl methyl sites for hydroxylation is 3. The molecule has 16 heavy (non-hydrogen) atoms. The first-order valence-corrected chi connectivity index (χ1v) is 6.06. The van der Waals surface area contributed by atoms with E-state index in [0.717, 1.165) is 23.1 Å². The van der Waals surface area contributed by atoms with Crippen LogP contribution in [0.25, 0.3) is 0 Å². The molecule has 0 spiro atoms. The first kappa shape index (κ1) is 11.3. The molecule has 0 aliphatic carbocycles. The zero-order valence-corrected chi connectivity index (χ0v) is 11.0. The van der Waals surface area contributed by atoms with E-state index in [0.29, 0.717) is 0 Å². The Morgan fingerprint density at radius 1 is 1.25 bits per heavy atom. The van der Waals surface area contributed by atoms with Crippen LogP contribution in [0.15, 0.2) is 29.0 Å². The number of rotatable bonds is 3. The van der Waals surface area contributed by atoms with Gasteiger partial charge >= 0.3 is 0 Å². The Bertz CT molecular complexity index is 477. The van der Waals surface area contributed by atoms with Crippen molar-refractivity contribution in [1.82, 2.24) is 14.8 Å². The van der Waals surface area contributed by atoms with Gasteiger partial charge in [-0.15, -0.1) is 0 Å².